The zero-order valence-corrected chi connectivity index (χ0v) is 7.30. The van der Waals surface area contributed by atoms with Gasteiger partial charge in [0.2, 0.25) is 5.91 Å². The van der Waals surface area contributed by atoms with E-state index >= 15 is 0 Å². The molecule has 1 amide bonds. The summed E-state index contributed by atoms with van der Waals surface area (Å²) in [6.45, 7) is 5.01. The van der Waals surface area contributed by atoms with Crippen LogP contribution in [-0.2, 0) is 4.79 Å². The summed E-state index contributed by atoms with van der Waals surface area (Å²) in [5.74, 6) is -0.844. The summed E-state index contributed by atoms with van der Waals surface area (Å²) < 4.78 is 13.1. The third kappa shape index (κ3) is 2.15. The number of carbonyl (C=O) groups excluding carboxylic acids is 1. The third-order valence-corrected chi connectivity index (χ3v) is 1.66. The van der Waals surface area contributed by atoms with Crippen LogP contribution in [-0.4, -0.2) is 5.91 Å². The molecule has 0 aliphatic carbocycles. The van der Waals surface area contributed by atoms with E-state index in [2.05, 4.69) is 11.9 Å². The number of carbonyl (C=O) groups is 1. The van der Waals surface area contributed by atoms with E-state index in [9.17, 15) is 9.18 Å². The topological polar surface area (TPSA) is 29.1 Å². The molecule has 0 spiro atoms. The Morgan fingerprint density at radius 2 is 2.31 bits per heavy atom. The molecule has 0 unspecified atom stereocenters. The Labute approximate surface area is 76.1 Å². The highest BCUT2D eigenvalue weighted by Gasteiger charge is 2.06. The SMILES string of the molecule is C=CC(=O)Nc1c(C)cccc1F. The van der Waals surface area contributed by atoms with Crippen molar-refractivity contribution in [3.05, 3.63) is 42.2 Å². The van der Waals surface area contributed by atoms with Gasteiger partial charge in [0.1, 0.15) is 5.82 Å². The van der Waals surface area contributed by atoms with E-state index < -0.39 is 11.7 Å². The molecule has 1 rings (SSSR count). The van der Waals surface area contributed by atoms with Crippen molar-refractivity contribution >= 4 is 11.6 Å². The number of para-hydroxylation sites is 1. The smallest absolute Gasteiger partial charge is 0.247 e. The number of rotatable bonds is 2. The fourth-order valence-electron chi connectivity index (χ4n) is 0.964. The fraction of sp³-hybridized carbons (Fsp3) is 0.100. The molecule has 0 fully saturated rings. The summed E-state index contributed by atoms with van der Waals surface area (Å²) in [7, 11) is 0. The molecule has 0 aliphatic rings. The molecule has 0 saturated carbocycles. The van der Waals surface area contributed by atoms with Gasteiger partial charge in [0, 0.05) is 0 Å². The maximum absolute atomic E-state index is 13.1. The van der Waals surface area contributed by atoms with Crippen molar-refractivity contribution in [1.29, 1.82) is 0 Å². The second-order valence-corrected chi connectivity index (χ2v) is 2.63. The second-order valence-electron chi connectivity index (χ2n) is 2.63. The van der Waals surface area contributed by atoms with Crippen LogP contribution in [0.4, 0.5) is 10.1 Å². The summed E-state index contributed by atoms with van der Waals surface area (Å²) in [5.41, 5.74) is 0.905. The molecule has 1 aromatic rings. The molecule has 1 aromatic carbocycles. The zero-order valence-electron chi connectivity index (χ0n) is 7.30. The van der Waals surface area contributed by atoms with E-state index in [0.717, 1.165) is 6.08 Å². The average molecular weight is 179 g/mol. The van der Waals surface area contributed by atoms with E-state index in [1.54, 1.807) is 19.1 Å². The van der Waals surface area contributed by atoms with Crippen LogP contribution in [0.3, 0.4) is 0 Å². The zero-order chi connectivity index (χ0) is 9.84. The Morgan fingerprint density at radius 3 is 2.85 bits per heavy atom. The van der Waals surface area contributed by atoms with Crippen LogP contribution in [0.15, 0.2) is 30.9 Å². The summed E-state index contributed by atoms with van der Waals surface area (Å²) in [6, 6.07) is 4.61. The monoisotopic (exact) mass is 179 g/mol. The predicted octanol–water partition coefficient (Wildman–Crippen LogP) is 2.26. The highest BCUT2D eigenvalue weighted by molar-refractivity contribution is 5.99. The van der Waals surface area contributed by atoms with Crippen LogP contribution < -0.4 is 5.32 Å². The number of aryl methyl sites for hydroxylation is 1. The number of benzene rings is 1. The van der Waals surface area contributed by atoms with E-state index in [1.807, 2.05) is 0 Å². The van der Waals surface area contributed by atoms with Crippen LogP contribution in [0.5, 0.6) is 0 Å². The van der Waals surface area contributed by atoms with Gasteiger partial charge in [-0.15, -0.1) is 0 Å². The number of halogens is 1. The lowest BCUT2D eigenvalue weighted by atomic mass is 10.2. The van der Waals surface area contributed by atoms with Crippen LogP contribution in [0.2, 0.25) is 0 Å². The molecule has 0 aromatic heterocycles. The van der Waals surface area contributed by atoms with Gasteiger partial charge in [0.15, 0.2) is 0 Å². The van der Waals surface area contributed by atoms with Gasteiger partial charge >= 0.3 is 0 Å². The van der Waals surface area contributed by atoms with Crippen molar-refractivity contribution in [2.75, 3.05) is 5.32 Å². The highest BCUT2D eigenvalue weighted by Crippen LogP contribution is 2.18. The average Bonchev–Trinajstić information content (AvgIpc) is 2.11. The first kappa shape index (κ1) is 9.45. The van der Waals surface area contributed by atoms with Crippen molar-refractivity contribution in [1.82, 2.24) is 0 Å². The molecular weight excluding hydrogens is 169 g/mol. The van der Waals surface area contributed by atoms with Gasteiger partial charge in [-0.25, -0.2) is 4.39 Å². The maximum atomic E-state index is 13.1. The van der Waals surface area contributed by atoms with E-state index in [1.165, 1.54) is 6.07 Å². The van der Waals surface area contributed by atoms with Crippen LogP contribution in [0, 0.1) is 12.7 Å². The number of hydrogen-bond donors (Lipinski definition) is 1. The van der Waals surface area contributed by atoms with Crippen molar-refractivity contribution < 1.29 is 9.18 Å². The molecule has 2 nitrogen and oxygen atoms in total. The Balaban J connectivity index is 2.99. The first-order chi connectivity index (χ1) is 6.15. The van der Waals surface area contributed by atoms with Crippen LogP contribution in [0.1, 0.15) is 5.56 Å². The lowest BCUT2D eigenvalue weighted by Crippen LogP contribution is -2.10. The maximum Gasteiger partial charge on any atom is 0.247 e. The number of hydrogen-bond acceptors (Lipinski definition) is 1. The van der Waals surface area contributed by atoms with E-state index in [-0.39, 0.29) is 5.69 Å². The molecule has 0 bridgehead atoms. The van der Waals surface area contributed by atoms with Gasteiger partial charge in [0.25, 0.3) is 0 Å². The van der Waals surface area contributed by atoms with Gasteiger partial charge in [-0.2, -0.15) is 0 Å². The van der Waals surface area contributed by atoms with Crippen molar-refractivity contribution in [3.8, 4) is 0 Å². The Hall–Kier alpha value is -1.64. The van der Waals surface area contributed by atoms with Crippen LogP contribution in [0.25, 0.3) is 0 Å². The quantitative estimate of drug-likeness (QED) is 0.693. The summed E-state index contributed by atoms with van der Waals surface area (Å²) in [4.78, 5) is 10.9. The first-order valence-corrected chi connectivity index (χ1v) is 3.83. The third-order valence-electron chi connectivity index (χ3n) is 1.66. The highest BCUT2D eigenvalue weighted by atomic mass is 19.1. The van der Waals surface area contributed by atoms with Gasteiger partial charge in [-0.05, 0) is 24.6 Å². The molecule has 0 aliphatic heterocycles. The van der Waals surface area contributed by atoms with Crippen LogP contribution >= 0.6 is 0 Å². The van der Waals surface area contributed by atoms with Crippen molar-refractivity contribution in [3.63, 3.8) is 0 Å². The van der Waals surface area contributed by atoms with Gasteiger partial charge in [-0.1, -0.05) is 18.7 Å². The van der Waals surface area contributed by atoms with Gasteiger partial charge < -0.3 is 5.32 Å². The molecule has 68 valence electrons. The van der Waals surface area contributed by atoms with Gasteiger partial charge in [-0.3, -0.25) is 4.79 Å². The minimum Gasteiger partial charge on any atom is -0.320 e. The first-order valence-electron chi connectivity index (χ1n) is 3.83. The standard InChI is InChI=1S/C10H10FNO/c1-3-9(13)12-10-7(2)5-4-6-8(10)11/h3-6H,1H2,2H3,(H,12,13). The molecule has 0 atom stereocenters. The molecule has 0 saturated heterocycles. The molecule has 0 heterocycles. The molecule has 13 heavy (non-hydrogen) atoms. The normalized spacial score (nSPS) is 9.38. The number of nitrogens with one attached hydrogen (secondary N) is 1. The Kier molecular flexibility index (Phi) is 2.80. The molecule has 1 N–H and O–H groups in total. The minimum absolute atomic E-state index is 0.215. The second kappa shape index (κ2) is 3.85. The van der Waals surface area contributed by atoms with Gasteiger partial charge in [0.05, 0.1) is 5.69 Å². The summed E-state index contributed by atoms with van der Waals surface area (Å²) in [5, 5.41) is 2.40. The lowest BCUT2D eigenvalue weighted by Gasteiger charge is -2.06. The van der Waals surface area contributed by atoms with Crippen molar-refractivity contribution in [2.45, 2.75) is 6.92 Å². The number of anilines is 1. The molecular formula is C10H10FNO. The Bertz CT molecular complexity index is 327. The summed E-state index contributed by atoms with van der Waals surface area (Å²) >= 11 is 0. The van der Waals surface area contributed by atoms with E-state index in [0.29, 0.717) is 5.56 Å². The molecule has 0 radical (unpaired) electrons. The predicted molar refractivity (Wildman–Crippen MR) is 50.0 cm³/mol. The number of amides is 1. The lowest BCUT2D eigenvalue weighted by molar-refractivity contribution is -0.111. The minimum atomic E-state index is -0.435. The van der Waals surface area contributed by atoms with Crippen molar-refractivity contribution in [2.24, 2.45) is 0 Å². The Morgan fingerprint density at radius 1 is 1.62 bits per heavy atom. The summed E-state index contributed by atoms with van der Waals surface area (Å²) in [6.07, 6.45) is 1.10. The van der Waals surface area contributed by atoms with E-state index in [4.69, 9.17) is 0 Å². The fourth-order valence-corrected chi connectivity index (χ4v) is 0.964. The largest absolute Gasteiger partial charge is 0.320 e. The molecule has 3 heteroatoms.